The molecule has 1 aromatic carbocycles. The molecule has 0 aliphatic carbocycles. The van der Waals surface area contributed by atoms with Crippen LogP contribution in [0.3, 0.4) is 0 Å². The summed E-state index contributed by atoms with van der Waals surface area (Å²) in [6.45, 7) is 3.18. The number of nitro benzene ring substituents is 1. The molecule has 1 aromatic heterocycles. The zero-order chi connectivity index (χ0) is 23.0. The van der Waals surface area contributed by atoms with Crippen LogP contribution in [0.4, 0.5) is 11.4 Å². The second kappa shape index (κ2) is 9.02. The number of piperidine rings is 1. The molecule has 2 aromatic rings. The number of nitrogens with zero attached hydrogens (tertiary/aromatic N) is 6. The second-order valence-electron chi connectivity index (χ2n) is 9.24. The summed E-state index contributed by atoms with van der Waals surface area (Å²) in [4.78, 5) is 13.0. The maximum absolute atomic E-state index is 13.5. The predicted octanol–water partition coefficient (Wildman–Crippen LogP) is 3.08. The lowest BCUT2D eigenvalue weighted by Gasteiger charge is -2.35. The Hall–Kier alpha value is -2.53. The third kappa shape index (κ3) is 4.23. The summed E-state index contributed by atoms with van der Waals surface area (Å²) in [5, 5.41) is 20.4. The quantitative estimate of drug-likeness (QED) is 0.483. The Morgan fingerprint density at radius 1 is 0.970 bits per heavy atom. The van der Waals surface area contributed by atoms with E-state index in [4.69, 9.17) is 0 Å². The van der Waals surface area contributed by atoms with E-state index in [9.17, 15) is 18.5 Å². The molecule has 10 nitrogen and oxygen atoms in total. The molecule has 0 bridgehead atoms. The molecule has 2 saturated heterocycles. The highest BCUT2D eigenvalue weighted by Crippen LogP contribution is 2.37. The van der Waals surface area contributed by atoms with E-state index in [0.717, 1.165) is 63.1 Å². The number of aryl methyl sites for hydroxylation is 1. The van der Waals surface area contributed by atoms with Crippen molar-refractivity contribution in [1.82, 2.24) is 19.1 Å². The Kier molecular flexibility index (Phi) is 6.09. The van der Waals surface area contributed by atoms with Crippen molar-refractivity contribution in [2.24, 2.45) is 0 Å². The number of benzene rings is 1. The Morgan fingerprint density at radius 2 is 1.76 bits per heavy atom. The highest BCUT2D eigenvalue weighted by molar-refractivity contribution is 7.89. The normalized spacial score (nSPS) is 22.2. The number of sulfonamides is 1. The van der Waals surface area contributed by atoms with Crippen molar-refractivity contribution in [3.05, 3.63) is 40.0 Å². The molecule has 33 heavy (non-hydrogen) atoms. The van der Waals surface area contributed by atoms with Crippen molar-refractivity contribution in [1.29, 1.82) is 0 Å². The standard InChI is InChI=1S/C22H30N6O4S/c29-28(30)18-9-10-19(20(15-18)33(31,32)26-12-4-5-13-26)25-11-6-7-17(16-25)22-24-23-21-8-2-1-3-14-27(21)22/h9-10,15,17H,1-8,11-14,16H2. The van der Waals surface area contributed by atoms with Gasteiger partial charge in [0.25, 0.3) is 5.69 Å². The van der Waals surface area contributed by atoms with Gasteiger partial charge in [0.1, 0.15) is 16.5 Å². The topological polar surface area (TPSA) is 114 Å². The number of hydrogen-bond acceptors (Lipinski definition) is 7. The molecular formula is C22H30N6O4S. The van der Waals surface area contributed by atoms with Crippen LogP contribution in [0, 0.1) is 10.1 Å². The molecule has 0 N–H and O–H groups in total. The van der Waals surface area contributed by atoms with Gasteiger partial charge >= 0.3 is 0 Å². The molecule has 11 heteroatoms. The van der Waals surface area contributed by atoms with E-state index in [1.807, 2.05) is 0 Å². The van der Waals surface area contributed by atoms with Crippen LogP contribution in [0.2, 0.25) is 0 Å². The molecule has 0 spiro atoms. The average molecular weight is 475 g/mol. The maximum Gasteiger partial charge on any atom is 0.270 e. The fourth-order valence-electron chi connectivity index (χ4n) is 5.37. The van der Waals surface area contributed by atoms with E-state index in [0.29, 0.717) is 31.9 Å². The van der Waals surface area contributed by atoms with E-state index in [-0.39, 0.29) is 16.5 Å². The number of rotatable bonds is 5. The van der Waals surface area contributed by atoms with Crippen molar-refractivity contribution < 1.29 is 13.3 Å². The molecule has 178 valence electrons. The maximum atomic E-state index is 13.5. The molecule has 0 saturated carbocycles. The van der Waals surface area contributed by atoms with Crippen LogP contribution in [0.5, 0.6) is 0 Å². The fraction of sp³-hybridized carbons (Fsp3) is 0.636. The van der Waals surface area contributed by atoms with Crippen molar-refractivity contribution >= 4 is 21.4 Å². The monoisotopic (exact) mass is 474 g/mol. The van der Waals surface area contributed by atoms with Crippen molar-refractivity contribution in [2.45, 2.75) is 68.7 Å². The van der Waals surface area contributed by atoms with Crippen LogP contribution in [0.1, 0.15) is 62.5 Å². The van der Waals surface area contributed by atoms with Gasteiger partial charge in [-0.1, -0.05) is 6.42 Å². The van der Waals surface area contributed by atoms with Crippen molar-refractivity contribution in [3.63, 3.8) is 0 Å². The van der Waals surface area contributed by atoms with Gasteiger partial charge in [-0.15, -0.1) is 10.2 Å². The SMILES string of the molecule is O=[N+]([O-])c1ccc(N2CCCC(c3nnc4n3CCCCC4)C2)c(S(=O)(=O)N2CCCC2)c1. The first kappa shape index (κ1) is 22.3. The Labute approximate surface area is 193 Å². The Morgan fingerprint density at radius 3 is 2.55 bits per heavy atom. The first-order valence-electron chi connectivity index (χ1n) is 11.9. The van der Waals surface area contributed by atoms with Gasteiger partial charge in [0.2, 0.25) is 10.0 Å². The minimum absolute atomic E-state index is 0.0410. The Bertz CT molecular complexity index is 1140. The molecule has 3 aliphatic heterocycles. The number of fused-ring (bicyclic) bond motifs is 1. The lowest BCUT2D eigenvalue weighted by molar-refractivity contribution is -0.385. The van der Waals surface area contributed by atoms with Gasteiger partial charge < -0.3 is 9.47 Å². The summed E-state index contributed by atoms with van der Waals surface area (Å²) < 4.78 is 30.6. The van der Waals surface area contributed by atoms with E-state index in [2.05, 4.69) is 19.7 Å². The van der Waals surface area contributed by atoms with Gasteiger partial charge in [0.15, 0.2) is 0 Å². The highest BCUT2D eigenvalue weighted by Gasteiger charge is 2.34. The molecule has 2 fully saturated rings. The molecule has 3 aliphatic rings. The van der Waals surface area contributed by atoms with Gasteiger partial charge in [-0.05, 0) is 44.6 Å². The average Bonchev–Trinajstić information content (AvgIpc) is 3.45. The third-order valence-electron chi connectivity index (χ3n) is 7.10. The first-order chi connectivity index (χ1) is 15.9. The lowest BCUT2D eigenvalue weighted by Crippen LogP contribution is -2.37. The third-order valence-corrected chi connectivity index (χ3v) is 9.03. The smallest absolute Gasteiger partial charge is 0.270 e. The molecule has 0 radical (unpaired) electrons. The van der Waals surface area contributed by atoms with Crippen LogP contribution in [0.15, 0.2) is 23.1 Å². The summed E-state index contributed by atoms with van der Waals surface area (Å²) >= 11 is 0. The van der Waals surface area contributed by atoms with Gasteiger partial charge in [-0.2, -0.15) is 4.31 Å². The molecule has 5 rings (SSSR count). The van der Waals surface area contributed by atoms with Gasteiger partial charge in [0.05, 0.1) is 10.6 Å². The summed E-state index contributed by atoms with van der Waals surface area (Å²) in [6, 6.07) is 4.24. The van der Waals surface area contributed by atoms with Crippen molar-refractivity contribution in [2.75, 3.05) is 31.1 Å². The van der Waals surface area contributed by atoms with Gasteiger partial charge in [-0.25, -0.2) is 8.42 Å². The summed E-state index contributed by atoms with van der Waals surface area (Å²) in [6.07, 6.45) is 7.89. The van der Waals surface area contributed by atoms with Gasteiger partial charge in [0, 0.05) is 57.2 Å². The summed E-state index contributed by atoms with van der Waals surface area (Å²) in [5.41, 5.74) is 0.348. The summed E-state index contributed by atoms with van der Waals surface area (Å²) in [7, 11) is -3.81. The number of nitro groups is 1. The van der Waals surface area contributed by atoms with Crippen LogP contribution in [0.25, 0.3) is 0 Å². The molecule has 1 atom stereocenters. The Balaban J connectivity index is 1.49. The van der Waals surface area contributed by atoms with E-state index >= 15 is 0 Å². The van der Waals surface area contributed by atoms with E-state index in [1.165, 1.54) is 22.9 Å². The second-order valence-corrected chi connectivity index (χ2v) is 11.1. The number of anilines is 1. The lowest BCUT2D eigenvalue weighted by atomic mass is 9.96. The summed E-state index contributed by atoms with van der Waals surface area (Å²) in [5.74, 6) is 2.19. The number of non-ortho nitro benzene ring substituents is 1. The van der Waals surface area contributed by atoms with Gasteiger partial charge in [-0.3, -0.25) is 10.1 Å². The van der Waals surface area contributed by atoms with E-state index < -0.39 is 14.9 Å². The number of hydrogen-bond donors (Lipinski definition) is 0. The largest absolute Gasteiger partial charge is 0.370 e. The molecule has 1 unspecified atom stereocenters. The van der Waals surface area contributed by atoms with Crippen LogP contribution in [-0.2, 0) is 23.0 Å². The van der Waals surface area contributed by atoms with Crippen LogP contribution in [-0.4, -0.2) is 58.6 Å². The van der Waals surface area contributed by atoms with Crippen molar-refractivity contribution in [3.8, 4) is 0 Å². The fourth-order valence-corrected chi connectivity index (χ4v) is 7.12. The molecular weight excluding hydrogens is 444 g/mol. The number of aromatic nitrogens is 3. The molecule has 4 heterocycles. The highest BCUT2D eigenvalue weighted by atomic mass is 32.2. The first-order valence-corrected chi connectivity index (χ1v) is 13.3. The molecule has 0 amide bonds. The minimum atomic E-state index is -3.81. The van der Waals surface area contributed by atoms with E-state index in [1.54, 1.807) is 6.07 Å². The zero-order valence-electron chi connectivity index (χ0n) is 18.7. The van der Waals surface area contributed by atoms with Crippen LogP contribution < -0.4 is 4.90 Å². The zero-order valence-corrected chi connectivity index (χ0v) is 19.5. The van der Waals surface area contributed by atoms with Crippen LogP contribution >= 0.6 is 0 Å². The predicted molar refractivity (Wildman–Crippen MR) is 123 cm³/mol. The minimum Gasteiger partial charge on any atom is -0.370 e.